The fourth-order valence-corrected chi connectivity index (χ4v) is 2.11. The van der Waals surface area contributed by atoms with E-state index in [2.05, 4.69) is 29.4 Å². The summed E-state index contributed by atoms with van der Waals surface area (Å²) in [6.45, 7) is 3.08. The minimum Gasteiger partial charge on any atom is -0.497 e. The van der Waals surface area contributed by atoms with Gasteiger partial charge in [0.05, 0.1) is 19.1 Å². The van der Waals surface area contributed by atoms with E-state index in [0.29, 0.717) is 6.04 Å². The van der Waals surface area contributed by atoms with Crippen molar-refractivity contribution in [2.45, 2.75) is 32.4 Å². The Balaban J connectivity index is 1.74. The molecule has 0 saturated carbocycles. The maximum atomic E-state index is 5.17. The van der Waals surface area contributed by atoms with Crippen molar-refractivity contribution >= 4 is 0 Å². The fraction of sp³-hybridized carbons (Fsp3) is 0.438. The molecule has 0 radical (unpaired) electrons. The summed E-state index contributed by atoms with van der Waals surface area (Å²) in [4.78, 5) is 4.12. The minimum absolute atomic E-state index is 0.479. The number of nitrogens with one attached hydrogen (secondary N) is 1. The van der Waals surface area contributed by atoms with Crippen molar-refractivity contribution in [2.75, 3.05) is 7.11 Å². The van der Waals surface area contributed by atoms with Crippen molar-refractivity contribution in [1.29, 1.82) is 0 Å². The van der Waals surface area contributed by atoms with Crippen LogP contribution >= 0.6 is 0 Å². The molecule has 0 fully saturated rings. The Bertz CT molecular complexity index is 519. The lowest BCUT2D eigenvalue weighted by atomic mass is 10.1. The monoisotopic (exact) mass is 273 g/mol. The summed E-state index contributed by atoms with van der Waals surface area (Å²) < 4.78 is 7.21. The number of rotatable bonds is 7. The number of hydrogen-bond donors (Lipinski definition) is 1. The molecule has 0 amide bonds. The molecular formula is C16H23N3O. The zero-order chi connectivity index (χ0) is 14.4. The third-order valence-electron chi connectivity index (χ3n) is 3.57. The molecular weight excluding hydrogens is 250 g/mol. The van der Waals surface area contributed by atoms with E-state index >= 15 is 0 Å². The topological polar surface area (TPSA) is 39.1 Å². The van der Waals surface area contributed by atoms with Gasteiger partial charge in [-0.2, -0.15) is 0 Å². The van der Waals surface area contributed by atoms with Gasteiger partial charge in [-0.1, -0.05) is 12.1 Å². The lowest BCUT2D eigenvalue weighted by Gasteiger charge is -2.14. The van der Waals surface area contributed by atoms with Crippen LogP contribution < -0.4 is 10.1 Å². The molecule has 1 N–H and O–H groups in total. The van der Waals surface area contributed by atoms with Crippen LogP contribution in [0.25, 0.3) is 0 Å². The third kappa shape index (κ3) is 4.10. The van der Waals surface area contributed by atoms with Crippen molar-refractivity contribution in [1.82, 2.24) is 14.9 Å². The molecule has 0 saturated heterocycles. The molecule has 0 aliphatic heterocycles. The van der Waals surface area contributed by atoms with Crippen LogP contribution in [0, 0.1) is 0 Å². The Hall–Kier alpha value is -1.81. The predicted molar refractivity (Wildman–Crippen MR) is 80.8 cm³/mol. The Morgan fingerprint density at radius 2 is 2.05 bits per heavy atom. The average molecular weight is 273 g/mol. The van der Waals surface area contributed by atoms with Crippen molar-refractivity contribution in [3.63, 3.8) is 0 Å². The highest BCUT2D eigenvalue weighted by Crippen LogP contribution is 2.13. The molecule has 20 heavy (non-hydrogen) atoms. The van der Waals surface area contributed by atoms with Crippen LogP contribution in [0.4, 0.5) is 0 Å². The van der Waals surface area contributed by atoms with Crippen LogP contribution in [0.5, 0.6) is 5.75 Å². The van der Waals surface area contributed by atoms with Crippen LogP contribution in [0.3, 0.4) is 0 Å². The second-order valence-corrected chi connectivity index (χ2v) is 5.16. The van der Waals surface area contributed by atoms with E-state index < -0.39 is 0 Å². The summed E-state index contributed by atoms with van der Waals surface area (Å²) in [7, 11) is 3.71. The Morgan fingerprint density at radius 3 is 2.65 bits per heavy atom. The second kappa shape index (κ2) is 7.10. The minimum atomic E-state index is 0.479. The predicted octanol–water partition coefficient (Wildman–Crippen LogP) is 2.54. The maximum Gasteiger partial charge on any atom is 0.118 e. The van der Waals surface area contributed by atoms with E-state index in [9.17, 15) is 0 Å². The largest absolute Gasteiger partial charge is 0.497 e. The van der Waals surface area contributed by atoms with Crippen molar-refractivity contribution in [3.05, 3.63) is 48.0 Å². The highest BCUT2D eigenvalue weighted by Gasteiger charge is 2.04. The van der Waals surface area contributed by atoms with E-state index in [1.165, 1.54) is 11.3 Å². The van der Waals surface area contributed by atoms with Crippen LogP contribution in [-0.4, -0.2) is 22.7 Å². The number of nitrogens with zero attached hydrogens (tertiary/aromatic N) is 2. The quantitative estimate of drug-likeness (QED) is 0.842. The van der Waals surface area contributed by atoms with Gasteiger partial charge in [-0.15, -0.1) is 0 Å². The SMILES string of the molecule is COc1ccc(CCC(C)NCc2cncn2C)cc1. The normalized spacial score (nSPS) is 12.3. The molecule has 1 heterocycles. The number of aromatic nitrogens is 2. The van der Waals surface area contributed by atoms with E-state index in [-0.39, 0.29) is 0 Å². The first-order valence-corrected chi connectivity index (χ1v) is 7.00. The smallest absolute Gasteiger partial charge is 0.118 e. The molecule has 0 bridgehead atoms. The molecule has 1 unspecified atom stereocenters. The molecule has 4 nitrogen and oxygen atoms in total. The fourth-order valence-electron chi connectivity index (χ4n) is 2.11. The molecule has 2 rings (SSSR count). The number of imidazole rings is 1. The van der Waals surface area contributed by atoms with Gasteiger partial charge < -0.3 is 14.6 Å². The summed E-state index contributed by atoms with van der Waals surface area (Å²) in [5.41, 5.74) is 2.56. The van der Waals surface area contributed by atoms with E-state index in [1.54, 1.807) is 7.11 Å². The van der Waals surface area contributed by atoms with Gasteiger partial charge in [-0.25, -0.2) is 4.98 Å². The first-order valence-electron chi connectivity index (χ1n) is 7.00. The standard InChI is InChI=1S/C16H23N3O/c1-13(18-11-15-10-17-12-19(15)2)4-5-14-6-8-16(20-3)9-7-14/h6-10,12-13,18H,4-5,11H2,1-3H3. The second-order valence-electron chi connectivity index (χ2n) is 5.16. The first kappa shape index (κ1) is 14.6. The van der Waals surface area contributed by atoms with Crippen LogP contribution in [0.2, 0.25) is 0 Å². The van der Waals surface area contributed by atoms with Gasteiger partial charge in [0.15, 0.2) is 0 Å². The van der Waals surface area contributed by atoms with Gasteiger partial charge in [0, 0.05) is 25.8 Å². The van der Waals surface area contributed by atoms with Gasteiger partial charge in [-0.05, 0) is 37.5 Å². The van der Waals surface area contributed by atoms with Crippen LogP contribution in [0.1, 0.15) is 24.6 Å². The third-order valence-corrected chi connectivity index (χ3v) is 3.57. The molecule has 1 aromatic heterocycles. The summed E-state index contributed by atoms with van der Waals surface area (Å²) in [6, 6.07) is 8.78. The van der Waals surface area contributed by atoms with Gasteiger partial charge in [0.1, 0.15) is 5.75 Å². The van der Waals surface area contributed by atoms with Crippen LogP contribution in [-0.2, 0) is 20.0 Å². The van der Waals surface area contributed by atoms with Gasteiger partial charge in [-0.3, -0.25) is 0 Å². The molecule has 2 aromatic rings. The molecule has 108 valence electrons. The average Bonchev–Trinajstić information content (AvgIpc) is 2.89. The highest BCUT2D eigenvalue weighted by atomic mass is 16.5. The first-order chi connectivity index (χ1) is 9.69. The van der Waals surface area contributed by atoms with Crippen molar-refractivity contribution < 1.29 is 4.74 Å². The maximum absolute atomic E-state index is 5.17. The van der Waals surface area contributed by atoms with E-state index in [4.69, 9.17) is 4.74 Å². The molecule has 0 spiro atoms. The van der Waals surface area contributed by atoms with E-state index in [1.807, 2.05) is 36.3 Å². The lowest BCUT2D eigenvalue weighted by Crippen LogP contribution is -2.26. The lowest BCUT2D eigenvalue weighted by molar-refractivity contribution is 0.414. The number of ether oxygens (including phenoxy) is 1. The molecule has 1 aromatic carbocycles. The Kier molecular flexibility index (Phi) is 5.18. The van der Waals surface area contributed by atoms with Gasteiger partial charge in [0.25, 0.3) is 0 Å². The molecule has 4 heteroatoms. The zero-order valence-corrected chi connectivity index (χ0v) is 12.5. The Morgan fingerprint density at radius 1 is 1.30 bits per heavy atom. The molecule has 1 atom stereocenters. The number of hydrogen-bond acceptors (Lipinski definition) is 3. The zero-order valence-electron chi connectivity index (χ0n) is 12.5. The summed E-state index contributed by atoms with van der Waals surface area (Å²) in [5, 5.41) is 3.53. The molecule has 0 aliphatic rings. The number of benzene rings is 1. The van der Waals surface area contributed by atoms with Gasteiger partial charge >= 0.3 is 0 Å². The van der Waals surface area contributed by atoms with Crippen molar-refractivity contribution in [3.8, 4) is 5.75 Å². The highest BCUT2D eigenvalue weighted by molar-refractivity contribution is 5.27. The summed E-state index contributed by atoms with van der Waals surface area (Å²) >= 11 is 0. The van der Waals surface area contributed by atoms with Crippen molar-refractivity contribution in [2.24, 2.45) is 7.05 Å². The Labute approximate surface area is 120 Å². The van der Waals surface area contributed by atoms with Gasteiger partial charge in [0.2, 0.25) is 0 Å². The molecule has 0 aliphatic carbocycles. The number of methoxy groups -OCH3 is 1. The number of aryl methyl sites for hydroxylation is 2. The van der Waals surface area contributed by atoms with E-state index in [0.717, 1.165) is 25.1 Å². The summed E-state index contributed by atoms with van der Waals surface area (Å²) in [5.74, 6) is 0.913. The van der Waals surface area contributed by atoms with Crippen LogP contribution in [0.15, 0.2) is 36.8 Å². The summed E-state index contributed by atoms with van der Waals surface area (Å²) in [6.07, 6.45) is 5.93.